The van der Waals surface area contributed by atoms with Crippen LogP contribution in [0.2, 0.25) is 0 Å². The molecule has 20 heavy (non-hydrogen) atoms. The molecule has 3 heterocycles. The molecule has 0 fully saturated rings. The normalized spacial score (nSPS) is 19.0. The van der Waals surface area contributed by atoms with E-state index in [1.807, 2.05) is 27.2 Å². The van der Waals surface area contributed by atoms with Crippen LogP contribution >= 0.6 is 27.3 Å². The highest BCUT2D eigenvalue weighted by molar-refractivity contribution is 9.10. The molecule has 0 aliphatic carbocycles. The number of aromatic nitrogens is 3. The highest BCUT2D eigenvalue weighted by Crippen LogP contribution is 2.26. The zero-order valence-corrected chi connectivity index (χ0v) is 13.2. The van der Waals surface area contributed by atoms with Gasteiger partial charge in [0.2, 0.25) is 0 Å². The molecule has 0 saturated carbocycles. The van der Waals surface area contributed by atoms with Gasteiger partial charge in [0.1, 0.15) is 17.7 Å². The van der Waals surface area contributed by atoms with Crippen molar-refractivity contribution in [2.24, 2.45) is 0 Å². The number of aliphatic carboxylic acids is 1. The highest BCUT2D eigenvalue weighted by Gasteiger charge is 2.33. The number of hydrogen-bond donors (Lipinski definition) is 1. The fourth-order valence-electron chi connectivity index (χ4n) is 2.40. The second-order valence-electron chi connectivity index (χ2n) is 4.78. The first-order valence-electron chi connectivity index (χ1n) is 6.12. The summed E-state index contributed by atoms with van der Waals surface area (Å²) in [7, 11) is 0. The van der Waals surface area contributed by atoms with Gasteiger partial charge in [-0.25, -0.2) is 0 Å². The second kappa shape index (κ2) is 5.27. The van der Waals surface area contributed by atoms with Gasteiger partial charge in [-0.05, 0) is 33.8 Å². The van der Waals surface area contributed by atoms with Crippen LogP contribution in [-0.4, -0.2) is 36.8 Å². The lowest BCUT2D eigenvalue weighted by atomic mass is 10.1. The predicted molar refractivity (Wildman–Crippen MR) is 77.4 cm³/mol. The van der Waals surface area contributed by atoms with Crippen molar-refractivity contribution in [3.05, 3.63) is 32.4 Å². The molecule has 1 atom stereocenters. The van der Waals surface area contributed by atoms with E-state index in [1.54, 1.807) is 11.3 Å². The summed E-state index contributed by atoms with van der Waals surface area (Å²) in [5, 5.41) is 21.6. The van der Waals surface area contributed by atoms with Crippen LogP contribution in [0, 0.1) is 6.92 Å². The summed E-state index contributed by atoms with van der Waals surface area (Å²) >= 11 is 5.09. The Morgan fingerprint density at radius 2 is 2.35 bits per heavy atom. The van der Waals surface area contributed by atoms with Gasteiger partial charge in [0.25, 0.3) is 0 Å². The fourth-order valence-corrected chi connectivity index (χ4v) is 3.82. The molecule has 6 nitrogen and oxygen atoms in total. The van der Waals surface area contributed by atoms with Gasteiger partial charge in [-0.2, -0.15) is 11.3 Å². The molecule has 2 aromatic rings. The average Bonchev–Trinajstić information content (AvgIpc) is 2.96. The van der Waals surface area contributed by atoms with Crippen molar-refractivity contribution in [3.8, 4) is 0 Å². The van der Waals surface area contributed by atoms with Crippen LogP contribution in [0.1, 0.15) is 17.2 Å². The van der Waals surface area contributed by atoms with Gasteiger partial charge < -0.3 is 9.67 Å². The molecule has 3 rings (SSSR count). The molecule has 0 bridgehead atoms. The molecule has 2 aromatic heterocycles. The number of hydrogen-bond acceptors (Lipinski definition) is 5. The minimum atomic E-state index is -0.810. The van der Waals surface area contributed by atoms with Gasteiger partial charge in [0.05, 0.1) is 13.1 Å². The Labute approximate surface area is 128 Å². The van der Waals surface area contributed by atoms with E-state index in [4.69, 9.17) is 0 Å². The van der Waals surface area contributed by atoms with Crippen LogP contribution in [0.15, 0.2) is 15.2 Å². The van der Waals surface area contributed by atoms with E-state index in [2.05, 4.69) is 26.1 Å². The number of halogens is 1. The third-order valence-corrected chi connectivity index (χ3v) is 5.33. The third kappa shape index (κ3) is 2.38. The Morgan fingerprint density at radius 1 is 1.55 bits per heavy atom. The number of thiophene rings is 1. The Morgan fingerprint density at radius 3 is 3.00 bits per heavy atom. The summed E-state index contributed by atoms with van der Waals surface area (Å²) in [5.74, 6) is 0.782. The van der Waals surface area contributed by atoms with Gasteiger partial charge in [-0.3, -0.25) is 9.69 Å². The average molecular weight is 357 g/mol. The Hall–Kier alpha value is -1.25. The summed E-state index contributed by atoms with van der Waals surface area (Å²) in [6, 6.07) is -0.552. The molecule has 0 spiro atoms. The van der Waals surface area contributed by atoms with Crippen LogP contribution in [0.4, 0.5) is 0 Å². The van der Waals surface area contributed by atoms with Crippen molar-refractivity contribution in [2.75, 3.05) is 0 Å². The van der Waals surface area contributed by atoms with Crippen molar-refractivity contribution in [3.63, 3.8) is 0 Å². The molecular formula is C12H13BrN4O2S. The van der Waals surface area contributed by atoms with Gasteiger partial charge in [0, 0.05) is 16.4 Å². The van der Waals surface area contributed by atoms with Crippen molar-refractivity contribution in [1.82, 2.24) is 19.7 Å². The van der Waals surface area contributed by atoms with Crippen molar-refractivity contribution in [1.29, 1.82) is 0 Å². The molecule has 8 heteroatoms. The predicted octanol–water partition coefficient (Wildman–Crippen LogP) is 1.88. The number of carbonyl (C=O) groups is 1. The molecule has 1 aliphatic rings. The Kier molecular flexibility index (Phi) is 3.61. The smallest absolute Gasteiger partial charge is 0.322 e. The monoisotopic (exact) mass is 356 g/mol. The maximum Gasteiger partial charge on any atom is 0.322 e. The number of rotatable bonds is 3. The van der Waals surface area contributed by atoms with E-state index >= 15 is 0 Å². The van der Waals surface area contributed by atoms with Gasteiger partial charge >= 0.3 is 5.97 Å². The summed E-state index contributed by atoms with van der Waals surface area (Å²) in [6.07, 6.45) is 0. The molecule has 1 N–H and O–H groups in total. The van der Waals surface area contributed by atoms with Crippen molar-refractivity contribution < 1.29 is 9.90 Å². The van der Waals surface area contributed by atoms with Crippen molar-refractivity contribution >= 4 is 33.2 Å². The Balaban J connectivity index is 1.89. The van der Waals surface area contributed by atoms with Crippen LogP contribution in [0.3, 0.4) is 0 Å². The van der Waals surface area contributed by atoms with Crippen LogP contribution in [0.25, 0.3) is 0 Å². The number of carboxylic acids is 1. The lowest BCUT2D eigenvalue weighted by molar-refractivity contribution is -0.145. The van der Waals surface area contributed by atoms with E-state index in [0.717, 1.165) is 21.7 Å². The minimum absolute atomic E-state index is 0.394. The molecule has 1 unspecified atom stereocenters. The quantitative estimate of drug-likeness (QED) is 0.908. The van der Waals surface area contributed by atoms with E-state index in [-0.39, 0.29) is 0 Å². The van der Waals surface area contributed by atoms with Gasteiger partial charge in [-0.1, -0.05) is 0 Å². The number of carboxylic acid groups (broad SMARTS) is 1. The first-order valence-corrected chi connectivity index (χ1v) is 7.86. The van der Waals surface area contributed by atoms with E-state index < -0.39 is 12.0 Å². The van der Waals surface area contributed by atoms with E-state index in [0.29, 0.717) is 19.6 Å². The van der Waals surface area contributed by atoms with Crippen LogP contribution in [0.5, 0.6) is 0 Å². The lowest BCUT2D eigenvalue weighted by Crippen LogP contribution is -2.47. The third-order valence-electron chi connectivity index (χ3n) is 3.50. The zero-order chi connectivity index (χ0) is 14.3. The number of nitrogens with zero attached hydrogens (tertiary/aromatic N) is 4. The standard InChI is InChI=1S/C12H13BrN4O2S/c1-7-14-15-11-4-16(2-8-5-20-6-9(8)13)10(12(18)19)3-17(7)11/h5-6,10H,2-4H2,1H3,(H,18,19). The molecule has 106 valence electrons. The number of fused-ring (bicyclic) bond motifs is 1. The van der Waals surface area contributed by atoms with Crippen LogP contribution in [-0.2, 0) is 24.4 Å². The summed E-state index contributed by atoms with van der Waals surface area (Å²) in [5.41, 5.74) is 1.10. The summed E-state index contributed by atoms with van der Waals surface area (Å²) in [4.78, 5) is 13.4. The SMILES string of the molecule is Cc1nnc2n1CC(C(=O)O)N(Cc1cscc1Br)C2. The van der Waals surface area contributed by atoms with Gasteiger partial charge in [-0.15, -0.1) is 10.2 Å². The van der Waals surface area contributed by atoms with E-state index in [9.17, 15) is 9.90 Å². The maximum atomic E-state index is 11.5. The molecule has 0 saturated heterocycles. The second-order valence-corrected chi connectivity index (χ2v) is 6.38. The highest BCUT2D eigenvalue weighted by atomic mass is 79.9. The van der Waals surface area contributed by atoms with E-state index in [1.165, 1.54) is 0 Å². The first kappa shape index (κ1) is 13.7. The Bertz CT molecular complexity index is 654. The molecule has 1 aliphatic heterocycles. The zero-order valence-electron chi connectivity index (χ0n) is 10.8. The molecular weight excluding hydrogens is 344 g/mol. The molecule has 0 aromatic carbocycles. The minimum Gasteiger partial charge on any atom is -0.480 e. The molecule has 0 amide bonds. The summed E-state index contributed by atoms with van der Waals surface area (Å²) in [6.45, 7) is 3.33. The maximum absolute atomic E-state index is 11.5. The fraction of sp³-hybridized carbons (Fsp3) is 0.417. The summed E-state index contributed by atoms with van der Waals surface area (Å²) < 4.78 is 2.91. The lowest BCUT2D eigenvalue weighted by Gasteiger charge is -2.33. The largest absolute Gasteiger partial charge is 0.480 e. The van der Waals surface area contributed by atoms with Crippen LogP contribution < -0.4 is 0 Å². The van der Waals surface area contributed by atoms with Gasteiger partial charge in [0.15, 0.2) is 0 Å². The van der Waals surface area contributed by atoms with Crippen molar-refractivity contribution in [2.45, 2.75) is 32.6 Å². The molecule has 0 radical (unpaired) electrons. The first-order chi connectivity index (χ1) is 9.56. The topological polar surface area (TPSA) is 71.2 Å². The number of aryl methyl sites for hydroxylation is 1.